The Balaban J connectivity index is 2.46. The van der Waals surface area contributed by atoms with Gasteiger partial charge in [-0.1, -0.05) is 30.3 Å². The fourth-order valence-electron chi connectivity index (χ4n) is 0.924. The second-order valence-electron chi connectivity index (χ2n) is 2.97. The molecule has 0 unspecified atom stereocenters. The molecular formula is C11H13NO2. The Kier molecular flexibility index (Phi) is 3.73. The molecule has 0 aliphatic heterocycles. The van der Waals surface area contributed by atoms with Crippen LogP contribution in [0.4, 0.5) is 0 Å². The van der Waals surface area contributed by atoms with Gasteiger partial charge in [0.25, 0.3) is 0 Å². The molecular weight excluding hydrogens is 178 g/mol. The fourth-order valence-corrected chi connectivity index (χ4v) is 0.924. The topological polar surface area (TPSA) is 49.3 Å². The van der Waals surface area contributed by atoms with Gasteiger partial charge in [-0.05, 0) is 24.8 Å². The molecule has 3 nitrogen and oxygen atoms in total. The summed E-state index contributed by atoms with van der Waals surface area (Å²) in [6.07, 6.45) is 3.48. The Morgan fingerprint density at radius 1 is 1.43 bits per heavy atom. The lowest BCUT2D eigenvalue weighted by Gasteiger charge is -2.04. The minimum Gasteiger partial charge on any atom is -0.480 e. The largest absolute Gasteiger partial charge is 0.480 e. The molecule has 0 amide bonds. The van der Waals surface area contributed by atoms with E-state index in [4.69, 9.17) is 5.11 Å². The average molecular weight is 191 g/mol. The maximum atomic E-state index is 10.4. The summed E-state index contributed by atoms with van der Waals surface area (Å²) in [5.74, 6) is -0.859. The van der Waals surface area contributed by atoms with Crippen molar-refractivity contribution in [3.8, 4) is 0 Å². The Morgan fingerprint density at radius 3 is 2.64 bits per heavy atom. The molecule has 0 spiro atoms. The van der Waals surface area contributed by atoms with E-state index in [1.807, 2.05) is 36.4 Å². The molecule has 1 aromatic carbocycles. The molecule has 74 valence electrons. The van der Waals surface area contributed by atoms with E-state index in [2.05, 4.69) is 5.32 Å². The number of nitrogens with one attached hydrogen (secondary N) is 1. The van der Waals surface area contributed by atoms with Crippen LogP contribution in [0.5, 0.6) is 0 Å². The van der Waals surface area contributed by atoms with Crippen LogP contribution in [0.2, 0.25) is 0 Å². The van der Waals surface area contributed by atoms with Gasteiger partial charge in [-0.3, -0.25) is 4.79 Å². The van der Waals surface area contributed by atoms with Gasteiger partial charge in [0, 0.05) is 0 Å². The third-order valence-corrected chi connectivity index (χ3v) is 1.79. The van der Waals surface area contributed by atoms with Crippen molar-refractivity contribution in [2.24, 2.45) is 0 Å². The van der Waals surface area contributed by atoms with Crippen molar-refractivity contribution >= 4 is 12.0 Å². The average Bonchev–Trinajstić information content (AvgIpc) is 2.19. The molecule has 0 saturated heterocycles. The number of carboxylic acid groups (broad SMARTS) is 1. The number of carbonyl (C=O) groups is 1. The normalized spacial score (nSPS) is 12.6. The van der Waals surface area contributed by atoms with Crippen LogP contribution in [-0.2, 0) is 4.79 Å². The van der Waals surface area contributed by atoms with Crippen LogP contribution in [0.25, 0.3) is 6.08 Å². The predicted molar refractivity (Wildman–Crippen MR) is 55.7 cm³/mol. The zero-order valence-corrected chi connectivity index (χ0v) is 7.97. The molecule has 0 heterocycles. The van der Waals surface area contributed by atoms with Crippen LogP contribution in [0.15, 0.2) is 36.5 Å². The molecule has 3 heteroatoms. The van der Waals surface area contributed by atoms with Crippen LogP contribution >= 0.6 is 0 Å². The Morgan fingerprint density at radius 2 is 2.07 bits per heavy atom. The van der Waals surface area contributed by atoms with Crippen molar-refractivity contribution in [2.45, 2.75) is 13.0 Å². The number of benzene rings is 1. The predicted octanol–water partition coefficient (Wildman–Crippen LogP) is 1.72. The van der Waals surface area contributed by atoms with Crippen LogP contribution in [0.3, 0.4) is 0 Å². The summed E-state index contributed by atoms with van der Waals surface area (Å²) in [6.45, 7) is 1.59. The smallest absolute Gasteiger partial charge is 0.325 e. The minimum absolute atomic E-state index is 0.560. The minimum atomic E-state index is -0.859. The molecule has 14 heavy (non-hydrogen) atoms. The van der Waals surface area contributed by atoms with Crippen LogP contribution in [0, 0.1) is 0 Å². The maximum absolute atomic E-state index is 10.4. The van der Waals surface area contributed by atoms with Crippen molar-refractivity contribution in [2.75, 3.05) is 0 Å². The van der Waals surface area contributed by atoms with Crippen molar-refractivity contribution < 1.29 is 9.90 Å². The maximum Gasteiger partial charge on any atom is 0.325 e. The van der Waals surface area contributed by atoms with E-state index in [9.17, 15) is 4.79 Å². The first-order valence-corrected chi connectivity index (χ1v) is 4.40. The van der Waals surface area contributed by atoms with E-state index >= 15 is 0 Å². The molecule has 0 bridgehead atoms. The standard InChI is InChI=1S/C11H13NO2/c1-9(11(13)14)12-8-7-10-5-3-2-4-6-10/h2-9,12H,1H3,(H,13,14)/t9-/m0/s1. The van der Waals surface area contributed by atoms with Gasteiger partial charge in [-0.25, -0.2) is 0 Å². The van der Waals surface area contributed by atoms with E-state index in [1.54, 1.807) is 13.1 Å². The van der Waals surface area contributed by atoms with Gasteiger partial charge in [-0.2, -0.15) is 0 Å². The van der Waals surface area contributed by atoms with Gasteiger partial charge in [0.05, 0.1) is 0 Å². The number of aliphatic carboxylic acids is 1. The zero-order chi connectivity index (χ0) is 10.4. The van der Waals surface area contributed by atoms with Crippen LogP contribution < -0.4 is 5.32 Å². The molecule has 2 N–H and O–H groups in total. The van der Waals surface area contributed by atoms with E-state index < -0.39 is 12.0 Å². The van der Waals surface area contributed by atoms with Gasteiger partial charge in [0.15, 0.2) is 0 Å². The highest BCUT2D eigenvalue weighted by molar-refractivity contribution is 5.73. The number of carboxylic acids is 1. The second kappa shape index (κ2) is 5.07. The summed E-state index contributed by atoms with van der Waals surface area (Å²) in [5, 5.41) is 11.3. The summed E-state index contributed by atoms with van der Waals surface area (Å²) in [6, 6.07) is 9.13. The van der Waals surface area contributed by atoms with Gasteiger partial charge >= 0.3 is 5.97 Å². The summed E-state index contributed by atoms with van der Waals surface area (Å²) >= 11 is 0. The molecule has 0 aromatic heterocycles. The molecule has 1 aromatic rings. The van der Waals surface area contributed by atoms with Crippen molar-refractivity contribution in [1.29, 1.82) is 0 Å². The van der Waals surface area contributed by atoms with Crippen molar-refractivity contribution in [3.63, 3.8) is 0 Å². The van der Waals surface area contributed by atoms with Gasteiger partial charge < -0.3 is 10.4 Å². The molecule has 1 rings (SSSR count). The van der Waals surface area contributed by atoms with E-state index in [0.717, 1.165) is 5.56 Å². The Labute approximate surface area is 83.1 Å². The van der Waals surface area contributed by atoms with Gasteiger partial charge in [0.1, 0.15) is 6.04 Å². The molecule has 0 aliphatic rings. The zero-order valence-electron chi connectivity index (χ0n) is 7.97. The lowest BCUT2D eigenvalue weighted by molar-refractivity contribution is -0.138. The first kappa shape index (κ1) is 10.3. The van der Waals surface area contributed by atoms with Gasteiger partial charge in [0.2, 0.25) is 0 Å². The van der Waals surface area contributed by atoms with Crippen LogP contribution in [-0.4, -0.2) is 17.1 Å². The number of hydrogen-bond acceptors (Lipinski definition) is 2. The third kappa shape index (κ3) is 3.31. The van der Waals surface area contributed by atoms with Crippen LogP contribution in [0.1, 0.15) is 12.5 Å². The van der Waals surface area contributed by atoms with E-state index in [1.165, 1.54) is 0 Å². The highest BCUT2D eigenvalue weighted by Gasteiger charge is 2.05. The Bertz CT molecular complexity index is 319. The van der Waals surface area contributed by atoms with Crippen molar-refractivity contribution in [3.05, 3.63) is 42.1 Å². The Hall–Kier alpha value is -1.77. The highest BCUT2D eigenvalue weighted by atomic mass is 16.4. The molecule has 0 radical (unpaired) electrons. The lowest BCUT2D eigenvalue weighted by Crippen LogP contribution is -2.29. The quantitative estimate of drug-likeness (QED) is 0.761. The summed E-state index contributed by atoms with van der Waals surface area (Å²) in [4.78, 5) is 10.4. The molecule has 0 aliphatic carbocycles. The molecule has 1 atom stereocenters. The summed E-state index contributed by atoms with van der Waals surface area (Å²) in [5.41, 5.74) is 1.04. The first-order valence-electron chi connectivity index (χ1n) is 4.40. The summed E-state index contributed by atoms with van der Waals surface area (Å²) < 4.78 is 0. The summed E-state index contributed by atoms with van der Waals surface area (Å²) in [7, 11) is 0. The number of rotatable bonds is 4. The first-order chi connectivity index (χ1) is 6.70. The van der Waals surface area contributed by atoms with Crippen molar-refractivity contribution in [1.82, 2.24) is 5.32 Å². The number of hydrogen-bond donors (Lipinski definition) is 2. The van der Waals surface area contributed by atoms with E-state index in [-0.39, 0.29) is 0 Å². The monoisotopic (exact) mass is 191 g/mol. The van der Waals surface area contributed by atoms with E-state index in [0.29, 0.717) is 0 Å². The fraction of sp³-hybridized carbons (Fsp3) is 0.182. The molecule has 0 saturated carbocycles. The highest BCUT2D eigenvalue weighted by Crippen LogP contribution is 1.99. The lowest BCUT2D eigenvalue weighted by atomic mass is 10.2. The third-order valence-electron chi connectivity index (χ3n) is 1.79. The SMILES string of the molecule is C[C@H](NC=Cc1ccccc1)C(=O)O. The second-order valence-corrected chi connectivity index (χ2v) is 2.97. The van der Waals surface area contributed by atoms with Gasteiger partial charge in [-0.15, -0.1) is 0 Å². The molecule has 0 fully saturated rings.